The van der Waals surface area contributed by atoms with Crippen LogP contribution in [0.5, 0.6) is 0 Å². The van der Waals surface area contributed by atoms with Gasteiger partial charge in [0.05, 0.1) is 30.1 Å². The van der Waals surface area contributed by atoms with E-state index in [0.717, 1.165) is 22.8 Å². The number of hydrogen-bond donors (Lipinski definition) is 1. The number of carbonyl (C=O) groups excluding carboxylic acids is 3. The van der Waals surface area contributed by atoms with Crippen molar-refractivity contribution in [3.63, 3.8) is 0 Å². The number of carbonyl (C=O) groups is 3. The van der Waals surface area contributed by atoms with Crippen molar-refractivity contribution in [1.29, 1.82) is 0 Å². The minimum atomic E-state index is -1.23. The Labute approximate surface area is 277 Å². The molecule has 3 aliphatic rings. The van der Waals surface area contributed by atoms with Crippen LogP contribution in [0.1, 0.15) is 38.7 Å². The summed E-state index contributed by atoms with van der Waals surface area (Å²) in [7, 11) is 0. The van der Waals surface area contributed by atoms with Gasteiger partial charge in [0.2, 0.25) is 11.8 Å². The summed E-state index contributed by atoms with van der Waals surface area (Å²) < 4.78 is 6.93. The fourth-order valence-corrected chi connectivity index (χ4v) is 8.41. The van der Waals surface area contributed by atoms with Gasteiger partial charge in [0.15, 0.2) is 0 Å². The van der Waals surface area contributed by atoms with E-state index >= 15 is 4.79 Å². The number of benzene rings is 3. The number of rotatable bonds is 13. The molecule has 2 unspecified atom stereocenters. The second-order valence-corrected chi connectivity index (χ2v) is 13.3. The Hall–Kier alpha value is -4.27. The molecule has 1 spiro atoms. The molecule has 3 saturated heterocycles. The maximum absolute atomic E-state index is 15.2. The first kappa shape index (κ1) is 32.7. The molecule has 3 aliphatic heterocycles. The molecule has 0 radical (unpaired) electrons. The maximum atomic E-state index is 15.2. The number of fused-ring (bicyclic) bond motifs is 2. The molecule has 3 aromatic carbocycles. The van der Waals surface area contributed by atoms with Crippen molar-refractivity contribution in [3.05, 3.63) is 104 Å². The molecule has 0 aliphatic carbocycles. The second-order valence-electron chi connectivity index (χ2n) is 13.3. The molecular weight excluding hydrogens is 590 g/mol. The first-order valence-electron chi connectivity index (χ1n) is 16.7. The van der Waals surface area contributed by atoms with E-state index in [2.05, 4.69) is 13.2 Å². The van der Waals surface area contributed by atoms with Crippen molar-refractivity contribution in [2.45, 2.75) is 62.8 Å². The molecule has 3 aromatic rings. The van der Waals surface area contributed by atoms with Crippen LogP contribution in [0.15, 0.2) is 98.1 Å². The zero-order valence-corrected chi connectivity index (χ0v) is 27.4. The van der Waals surface area contributed by atoms with Gasteiger partial charge in [-0.2, -0.15) is 0 Å². The molecule has 0 saturated carbocycles. The molecule has 6 atom stereocenters. The summed E-state index contributed by atoms with van der Waals surface area (Å²) in [6.45, 7) is 12.5. The van der Waals surface area contributed by atoms with Gasteiger partial charge in [0.25, 0.3) is 5.91 Å². The summed E-state index contributed by atoms with van der Waals surface area (Å²) in [4.78, 5) is 49.4. The highest BCUT2D eigenvalue weighted by molar-refractivity contribution is 6.06. The zero-order chi connectivity index (χ0) is 33.3. The Kier molecular flexibility index (Phi) is 9.09. The van der Waals surface area contributed by atoms with E-state index in [-0.39, 0.29) is 30.9 Å². The van der Waals surface area contributed by atoms with Crippen LogP contribution in [-0.4, -0.2) is 82.2 Å². The fraction of sp³-hybridized carbons (Fsp3) is 0.410. The van der Waals surface area contributed by atoms with Gasteiger partial charge in [-0.1, -0.05) is 79.7 Å². The first-order chi connectivity index (χ1) is 22.7. The van der Waals surface area contributed by atoms with E-state index in [1.807, 2.05) is 86.6 Å². The Balaban J connectivity index is 1.47. The largest absolute Gasteiger partial charge is 0.394 e. The summed E-state index contributed by atoms with van der Waals surface area (Å²) in [5, 5.41) is 12.9. The molecule has 246 valence electrons. The molecule has 8 heteroatoms. The van der Waals surface area contributed by atoms with Crippen LogP contribution in [0, 0.1) is 11.8 Å². The maximum Gasteiger partial charge on any atom is 0.253 e. The highest BCUT2D eigenvalue weighted by Crippen LogP contribution is 2.64. The van der Waals surface area contributed by atoms with E-state index in [0.29, 0.717) is 38.0 Å². The van der Waals surface area contributed by atoms with Crippen molar-refractivity contribution >= 4 is 34.2 Å². The van der Waals surface area contributed by atoms with Crippen molar-refractivity contribution in [2.24, 2.45) is 11.8 Å². The molecule has 3 fully saturated rings. The minimum Gasteiger partial charge on any atom is -0.394 e. The van der Waals surface area contributed by atoms with Gasteiger partial charge < -0.3 is 24.5 Å². The third kappa shape index (κ3) is 5.47. The van der Waals surface area contributed by atoms with Gasteiger partial charge in [-0.25, -0.2) is 0 Å². The van der Waals surface area contributed by atoms with E-state index in [4.69, 9.17) is 4.74 Å². The number of aliphatic hydroxyl groups is 1. The van der Waals surface area contributed by atoms with Crippen LogP contribution in [-0.2, 0) is 25.5 Å². The van der Waals surface area contributed by atoms with Crippen LogP contribution in [0.25, 0.3) is 10.8 Å². The molecule has 0 aromatic heterocycles. The number of aliphatic hydroxyl groups excluding tert-OH is 1. The lowest BCUT2D eigenvalue weighted by Gasteiger charge is -2.39. The van der Waals surface area contributed by atoms with Crippen molar-refractivity contribution in [2.75, 3.05) is 31.1 Å². The lowest BCUT2D eigenvalue weighted by atomic mass is 9.66. The number of amides is 3. The number of ether oxygens (including phenoxy) is 1. The summed E-state index contributed by atoms with van der Waals surface area (Å²) in [5.74, 6) is -2.40. The minimum absolute atomic E-state index is 0.150. The van der Waals surface area contributed by atoms with Gasteiger partial charge >= 0.3 is 0 Å². The SMILES string of the molecule is C=CCN(CCC)C(=O)[C@@H]1[C@H]2C(=O)N([C@@H](CO)Cc3ccccc3)C(C(=O)N(CC=C)c3ccc4ccccc4c3)C23CC[C@@]1(C)O3. The molecule has 8 nitrogen and oxygen atoms in total. The van der Waals surface area contributed by atoms with Crippen LogP contribution >= 0.6 is 0 Å². The molecule has 6 rings (SSSR count). The number of anilines is 1. The smallest absolute Gasteiger partial charge is 0.253 e. The van der Waals surface area contributed by atoms with Crippen molar-refractivity contribution < 1.29 is 24.2 Å². The Morgan fingerprint density at radius 2 is 1.70 bits per heavy atom. The summed E-state index contributed by atoms with van der Waals surface area (Å²) in [6, 6.07) is 21.7. The topological polar surface area (TPSA) is 90.4 Å². The fourth-order valence-electron chi connectivity index (χ4n) is 8.41. The normalized spacial score (nSPS) is 26.7. The predicted molar refractivity (Wildman–Crippen MR) is 184 cm³/mol. The standard InChI is InChI=1S/C39H45N3O5/c1-5-21-40(22-6-2)35(44)32-33-36(45)42(31(26-43)24-27-13-9-8-10-14-27)34(39(33)20-19-38(32,4)47-39)37(46)41(23-7-3)30-18-17-28-15-11-12-16-29(28)25-30/h5,7-18,25,31-34,43H,1,3,6,19-24,26H2,2,4H3/t31-,32+,33+,34?,38-,39?/m1/s1. The monoisotopic (exact) mass is 635 g/mol. The Morgan fingerprint density at radius 3 is 2.38 bits per heavy atom. The quantitative estimate of drug-likeness (QED) is 0.263. The zero-order valence-electron chi connectivity index (χ0n) is 27.4. The molecule has 3 amide bonds. The number of likely N-dealkylation sites (tertiary alicyclic amines) is 1. The average Bonchev–Trinajstić information content (AvgIpc) is 3.66. The molecule has 3 heterocycles. The number of nitrogens with zero attached hydrogens (tertiary/aromatic N) is 3. The van der Waals surface area contributed by atoms with Gasteiger partial charge in [0, 0.05) is 25.3 Å². The lowest BCUT2D eigenvalue weighted by molar-refractivity contribution is -0.152. The van der Waals surface area contributed by atoms with Gasteiger partial charge in [-0.05, 0) is 61.1 Å². The van der Waals surface area contributed by atoms with E-state index in [1.165, 1.54) is 0 Å². The Bertz CT molecular complexity index is 1680. The van der Waals surface area contributed by atoms with Crippen LogP contribution in [0.4, 0.5) is 5.69 Å². The molecule has 1 N–H and O–H groups in total. The van der Waals surface area contributed by atoms with Crippen molar-refractivity contribution in [1.82, 2.24) is 9.80 Å². The van der Waals surface area contributed by atoms with Gasteiger partial charge in [0.1, 0.15) is 11.6 Å². The Morgan fingerprint density at radius 1 is 1.00 bits per heavy atom. The van der Waals surface area contributed by atoms with Crippen LogP contribution < -0.4 is 4.90 Å². The number of hydrogen-bond acceptors (Lipinski definition) is 5. The summed E-state index contributed by atoms with van der Waals surface area (Å²) >= 11 is 0. The highest BCUT2D eigenvalue weighted by atomic mass is 16.5. The third-order valence-electron chi connectivity index (χ3n) is 10.4. The third-order valence-corrected chi connectivity index (χ3v) is 10.4. The lowest BCUT2D eigenvalue weighted by Crippen LogP contribution is -2.59. The predicted octanol–water partition coefficient (Wildman–Crippen LogP) is 5.15. The van der Waals surface area contributed by atoms with E-state index in [9.17, 15) is 14.7 Å². The second kappa shape index (κ2) is 13.1. The average molecular weight is 636 g/mol. The van der Waals surface area contributed by atoms with Crippen LogP contribution in [0.2, 0.25) is 0 Å². The van der Waals surface area contributed by atoms with E-state index in [1.54, 1.807) is 26.9 Å². The van der Waals surface area contributed by atoms with Gasteiger partial charge in [-0.3, -0.25) is 14.4 Å². The first-order valence-corrected chi connectivity index (χ1v) is 16.7. The molecular formula is C39H45N3O5. The highest BCUT2D eigenvalue weighted by Gasteiger charge is 2.78. The van der Waals surface area contributed by atoms with E-state index < -0.39 is 35.1 Å². The molecule has 47 heavy (non-hydrogen) atoms. The summed E-state index contributed by atoms with van der Waals surface area (Å²) in [5.41, 5.74) is -0.524. The van der Waals surface area contributed by atoms with Crippen LogP contribution in [0.3, 0.4) is 0 Å². The molecule has 2 bridgehead atoms. The summed E-state index contributed by atoms with van der Waals surface area (Å²) in [6.07, 6.45) is 5.48. The van der Waals surface area contributed by atoms with Gasteiger partial charge in [-0.15, -0.1) is 13.2 Å². The van der Waals surface area contributed by atoms with Crippen molar-refractivity contribution in [3.8, 4) is 0 Å².